The van der Waals surface area contributed by atoms with Crippen LogP contribution in [0.15, 0.2) is 59.2 Å². The molecule has 0 spiro atoms. The molecule has 0 fully saturated rings. The van der Waals surface area contributed by atoms with Crippen molar-refractivity contribution in [2.45, 2.75) is 6.18 Å². The number of aromatic nitrogens is 3. The van der Waals surface area contributed by atoms with Gasteiger partial charge in [-0.3, -0.25) is 15.0 Å². The van der Waals surface area contributed by atoms with Crippen LogP contribution in [0.5, 0.6) is 0 Å². The second-order valence-corrected chi connectivity index (χ2v) is 8.16. The van der Waals surface area contributed by atoms with Gasteiger partial charge in [-0.05, 0) is 49.9 Å². The number of benzene rings is 2. The third-order valence-corrected chi connectivity index (χ3v) is 5.96. The molecule has 0 saturated heterocycles. The number of H-pyrrole nitrogens is 1. The summed E-state index contributed by atoms with van der Waals surface area (Å²) in [7, 11) is 0. The fourth-order valence-electron chi connectivity index (χ4n) is 3.30. The summed E-state index contributed by atoms with van der Waals surface area (Å²) in [6.07, 6.45) is -3.47. The fraction of sp³-hybridized carbons (Fsp3) is 0.0476. The lowest BCUT2D eigenvalue weighted by Gasteiger charge is -2.14. The van der Waals surface area contributed by atoms with Crippen molar-refractivity contribution in [2.75, 3.05) is 5.32 Å². The molecule has 4 rings (SSSR count). The third kappa shape index (κ3) is 4.34. The minimum atomic E-state index is -4.78. The molecule has 4 aromatic rings. The number of hydrogen-bond donors (Lipinski definition) is 4. The zero-order chi connectivity index (χ0) is 24.6. The van der Waals surface area contributed by atoms with E-state index in [2.05, 4.69) is 31.3 Å². The van der Waals surface area contributed by atoms with Gasteiger partial charge in [-0.25, -0.2) is 10.9 Å². The van der Waals surface area contributed by atoms with Gasteiger partial charge >= 0.3 is 12.0 Å². The number of anilines is 1. The number of nitrogens with two attached hydrogens (primary N) is 1. The Balaban J connectivity index is 1.87. The highest BCUT2D eigenvalue weighted by atomic mass is 79.9. The highest BCUT2D eigenvalue weighted by Crippen LogP contribution is 2.35. The van der Waals surface area contributed by atoms with Crippen molar-refractivity contribution in [3.63, 3.8) is 0 Å². The largest absolute Gasteiger partial charge is 0.434 e. The number of pyridine rings is 1. The number of halogens is 5. The lowest BCUT2D eigenvalue weighted by molar-refractivity contribution is -0.661. The molecule has 0 aliphatic heterocycles. The van der Waals surface area contributed by atoms with Crippen LogP contribution in [0.1, 0.15) is 26.5 Å². The molecule has 5 N–H and O–H groups in total. The standard InChI is InChI=1S/C21H13BrClF3N6O2/c22-16-11-5-2-1-4-10(11)8-12(19(33)30-27)17(16)29-20(34)14-9-15(21(24,25)26)31-32(14)18-13(23)6-3-7-28-18/h1-9H,(H4,27,29,30,31,33,34)/p+1. The maximum atomic E-state index is 13.4. The van der Waals surface area contributed by atoms with E-state index >= 15 is 0 Å². The van der Waals surface area contributed by atoms with Gasteiger partial charge in [0.05, 0.1) is 11.3 Å². The molecule has 2 aromatic carbocycles. The molecule has 2 aromatic heterocycles. The SMILES string of the molecule is NNC(=O)c1cc2ccccc2c(Br)c1NC(=O)c1cc(C(F)(F)F)[nH][n+]1-c1ncccc1Cl. The van der Waals surface area contributed by atoms with E-state index in [0.717, 1.165) is 4.68 Å². The van der Waals surface area contributed by atoms with Crippen molar-refractivity contribution in [1.82, 2.24) is 15.5 Å². The van der Waals surface area contributed by atoms with Crippen LogP contribution < -0.4 is 21.3 Å². The van der Waals surface area contributed by atoms with Crippen LogP contribution in [0.3, 0.4) is 0 Å². The van der Waals surface area contributed by atoms with E-state index in [-0.39, 0.29) is 22.1 Å². The van der Waals surface area contributed by atoms with Crippen molar-refractivity contribution < 1.29 is 27.4 Å². The van der Waals surface area contributed by atoms with E-state index in [1.807, 2.05) is 5.43 Å². The maximum Gasteiger partial charge on any atom is 0.434 e. The van der Waals surface area contributed by atoms with Crippen molar-refractivity contribution in [2.24, 2.45) is 5.84 Å². The molecule has 174 valence electrons. The van der Waals surface area contributed by atoms with Gasteiger partial charge in [-0.15, -0.1) is 4.68 Å². The number of alkyl halides is 3. The second-order valence-electron chi connectivity index (χ2n) is 6.96. The molecule has 0 bridgehead atoms. The van der Waals surface area contributed by atoms with E-state index in [1.165, 1.54) is 24.4 Å². The summed E-state index contributed by atoms with van der Waals surface area (Å²) < 4.78 is 41.5. The predicted octanol–water partition coefficient (Wildman–Crippen LogP) is 4.13. The number of rotatable bonds is 4. The first-order valence-corrected chi connectivity index (χ1v) is 10.7. The topological polar surface area (TPSA) is 117 Å². The summed E-state index contributed by atoms with van der Waals surface area (Å²) in [5, 5.41) is 5.95. The van der Waals surface area contributed by atoms with Crippen LogP contribution in [0.2, 0.25) is 5.02 Å². The highest BCUT2D eigenvalue weighted by molar-refractivity contribution is 9.10. The molecule has 0 atom stereocenters. The zero-order valence-electron chi connectivity index (χ0n) is 16.9. The lowest BCUT2D eigenvalue weighted by Crippen LogP contribution is -2.42. The number of nitrogen functional groups attached to an aromatic ring is 1. The number of fused-ring (bicyclic) bond motifs is 1. The van der Waals surface area contributed by atoms with E-state index in [1.54, 1.807) is 24.3 Å². The molecule has 0 unspecified atom stereocenters. The van der Waals surface area contributed by atoms with Gasteiger partial charge in [0.15, 0.2) is 5.69 Å². The average molecular weight is 555 g/mol. The Morgan fingerprint density at radius 3 is 2.53 bits per heavy atom. The maximum absolute atomic E-state index is 13.4. The van der Waals surface area contributed by atoms with Crippen molar-refractivity contribution in [3.05, 3.63) is 81.2 Å². The average Bonchev–Trinajstić information content (AvgIpc) is 3.26. The van der Waals surface area contributed by atoms with Crippen molar-refractivity contribution in [3.8, 4) is 5.82 Å². The third-order valence-electron chi connectivity index (χ3n) is 4.84. The molecule has 2 amide bonds. The minimum Gasteiger partial charge on any atom is -0.317 e. The monoisotopic (exact) mass is 553 g/mol. The molecule has 2 heterocycles. The minimum absolute atomic E-state index is 0.00424. The number of nitrogens with zero attached hydrogens (tertiary/aromatic N) is 2. The molecule has 34 heavy (non-hydrogen) atoms. The normalized spacial score (nSPS) is 11.5. The van der Waals surface area contributed by atoms with Gasteiger partial charge < -0.3 is 5.32 Å². The number of carbonyl (C=O) groups is 2. The zero-order valence-corrected chi connectivity index (χ0v) is 19.2. The summed E-state index contributed by atoms with van der Waals surface area (Å²) in [5.74, 6) is 3.49. The molecule has 0 aliphatic carbocycles. The van der Waals surface area contributed by atoms with Crippen LogP contribution in [0.25, 0.3) is 16.6 Å². The van der Waals surface area contributed by atoms with Crippen LogP contribution >= 0.6 is 27.5 Å². The summed E-state index contributed by atoms with van der Waals surface area (Å²) in [6.45, 7) is 0. The van der Waals surface area contributed by atoms with Gasteiger partial charge in [0.2, 0.25) is 5.69 Å². The molecule has 13 heteroatoms. The number of amides is 2. The van der Waals surface area contributed by atoms with Gasteiger partial charge in [0, 0.05) is 10.5 Å². The molecular weight excluding hydrogens is 541 g/mol. The Kier molecular flexibility index (Phi) is 6.30. The number of nitrogens with one attached hydrogen (secondary N) is 3. The number of hydrazine groups is 1. The lowest BCUT2D eigenvalue weighted by atomic mass is 10.0. The molecule has 8 nitrogen and oxygen atoms in total. The first-order valence-electron chi connectivity index (χ1n) is 9.48. The van der Waals surface area contributed by atoms with E-state index < -0.39 is 29.4 Å². The molecule has 0 saturated carbocycles. The van der Waals surface area contributed by atoms with E-state index in [9.17, 15) is 22.8 Å². The first-order chi connectivity index (χ1) is 16.1. The highest BCUT2D eigenvalue weighted by Gasteiger charge is 2.38. The van der Waals surface area contributed by atoms with Gasteiger partial charge in [-0.2, -0.15) is 13.2 Å². The molecular formula is C21H14BrClF3N6O2+. The molecule has 0 radical (unpaired) electrons. The van der Waals surface area contributed by atoms with Crippen LogP contribution in [-0.2, 0) is 6.18 Å². The fourth-order valence-corrected chi connectivity index (χ4v) is 4.18. The Morgan fingerprint density at radius 1 is 1.12 bits per heavy atom. The summed E-state index contributed by atoms with van der Waals surface area (Å²) in [5.41, 5.74) is 0.357. The molecule has 0 aliphatic rings. The predicted molar refractivity (Wildman–Crippen MR) is 121 cm³/mol. The van der Waals surface area contributed by atoms with Gasteiger partial charge in [-0.1, -0.05) is 35.9 Å². The Morgan fingerprint density at radius 2 is 1.85 bits per heavy atom. The summed E-state index contributed by atoms with van der Waals surface area (Å²) >= 11 is 9.48. The Labute approximate surface area is 203 Å². The number of carbonyl (C=O) groups excluding carboxylic acids is 2. The van der Waals surface area contributed by atoms with Crippen LogP contribution in [0.4, 0.5) is 18.9 Å². The van der Waals surface area contributed by atoms with Crippen LogP contribution in [-0.4, -0.2) is 21.9 Å². The van der Waals surface area contributed by atoms with Crippen LogP contribution in [0, 0.1) is 0 Å². The van der Waals surface area contributed by atoms with Gasteiger partial charge in [0.1, 0.15) is 11.2 Å². The Bertz CT molecular complexity index is 1440. The van der Waals surface area contributed by atoms with E-state index in [0.29, 0.717) is 21.3 Å². The summed E-state index contributed by atoms with van der Waals surface area (Å²) in [4.78, 5) is 29.6. The number of hydrogen-bond acceptors (Lipinski definition) is 4. The number of aromatic amines is 1. The van der Waals surface area contributed by atoms with Crippen molar-refractivity contribution in [1.29, 1.82) is 0 Å². The van der Waals surface area contributed by atoms with Gasteiger partial charge in [0.25, 0.3) is 11.8 Å². The first kappa shape index (κ1) is 23.7. The van der Waals surface area contributed by atoms with Crippen molar-refractivity contribution >= 4 is 55.8 Å². The Hall–Kier alpha value is -3.48. The quantitative estimate of drug-likeness (QED) is 0.131. The summed E-state index contributed by atoms with van der Waals surface area (Å²) in [6, 6.07) is 12.0. The second kappa shape index (κ2) is 9.05. The van der Waals surface area contributed by atoms with E-state index in [4.69, 9.17) is 17.4 Å². The smallest absolute Gasteiger partial charge is 0.317 e.